The molecule has 0 fully saturated rings. The molecule has 2 N–H and O–H groups in total. The van der Waals surface area contributed by atoms with Crippen LogP contribution in [0.2, 0.25) is 0 Å². The predicted octanol–water partition coefficient (Wildman–Crippen LogP) is 2.03. The number of nitrogens with two attached hydrogens (primary N) is 1. The van der Waals surface area contributed by atoms with Gasteiger partial charge in [-0.15, -0.1) is 0 Å². The highest BCUT2D eigenvalue weighted by atomic mass is 15.4. The molecule has 0 saturated carbocycles. The maximum atomic E-state index is 5.99. The Hall–Kier alpha value is -0.940. The number of hydrogen-bond donors (Lipinski definition) is 1. The van der Waals surface area contributed by atoms with E-state index in [0.29, 0.717) is 6.54 Å². The lowest BCUT2D eigenvalue weighted by atomic mass is 9.96. The van der Waals surface area contributed by atoms with Crippen LogP contribution < -0.4 is 5.73 Å². The lowest BCUT2D eigenvalue weighted by Gasteiger charge is -2.39. The van der Waals surface area contributed by atoms with Gasteiger partial charge in [-0.1, -0.05) is 20.8 Å². The van der Waals surface area contributed by atoms with Crippen LogP contribution in [0.5, 0.6) is 0 Å². The maximum absolute atomic E-state index is 5.99. The quantitative estimate of drug-likeness (QED) is 0.743. The molecule has 0 aromatic carbocycles. The van der Waals surface area contributed by atoms with E-state index in [-0.39, 0.29) is 5.54 Å². The number of nitrogens with zero attached hydrogens (tertiary/aromatic N) is 4. The largest absolute Gasteiger partial charge is 0.329 e. The summed E-state index contributed by atoms with van der Waals surface area (Å²) < 4.78 is 2.01. The second-order valence-corrected chi connectivity index (χ2v) is 5.38. The molecule has 1 aromatic rings. The molecule has 1 heterocycles. The van der Waals surface area contributed by atoms with Crippen LogP contribution in [0.3, 0.4) is 0 Å². The minimum absolute atomic E-state index is 0.0407. The van der Waals surface area contributed by atoms with Gasteiger partial charge in [-0.05, 0) is 32.7 Å². The summed E-state index contributed by atoms with van der Waals surface area (Å²) in [6.07, 6.45) is 4.90. The van der Waals surface area contributed by atoms with E-state index in [1.807, 2.05) is 4.68 Å². The van der Waals surface area contributed by atoms with Crippen molar-refractivity contribution in [1.29, 1.82) is 0 Å². The van der Waals surface area contributed by atoms with Crippen molar-refractivity contribution < 1.29 is 0 Å². The fourth-order valence-electron chi connectivity index (χ4n) is 2.29. The van der Waals surface area contributed by atoms with Crippen molar-refractivity contribution in [3.05, 3.63) is 12.2 Å². The monoisotopic (exact) mass is 267 g/mol. The minimum Gasteiger partial charge on any atom is -0.329 e. The molecule has 0 saturated heterocycles. The molecule has 0 bridgehead atoms. The summed E-state index contributed by atoms with van der Waals surface area (Å²) in [7, 11) is 0. The average molecular weight is 267 g/mol. The summed E-state index contributed by atoms with van der Waals surface area (Å²) in [5.41, 5.74) is 6.03. The first kappa shape index (κ1) is 16.1. The van der Waals surface area contributed by atoms with Crippen molar-refractivity contribution in [2.24, 2.45) is 5.73 Å². The molecule has 0 amide bonds. The van der Waals surface area contributed by atoms with E-state index >= 15 is 0 Å². The van der Waals surface area contributed by atoms with Gasteiger partial charge in [0.1, 0.15) is 12.2 Å². The normalized spacial score (nSPS) is 14.8. The van der Waals surface area contributed by atoms with E-state index in [1.165, 1.54) is 0 Å². The van der Waals surface area contributed by atoms with E-state index in [4.69, 9.17) is 5.73 Å². The molecular formula is C14H29N5. The molecule has 0 radical (unpaired) electrons. The maximum Gasteiger partial charge on any atom is 0.141 e. The zero-order valence-corrected chi connectivity index (χ0v) is 12.9. The van der Waals surface area contributed by atoms with Crippen LogP contribution >= 0.6 is 0 Å². The van der Waals surface area contributed by atoms with Gasteiger partial charge in [0.25, 0.3) is 0 Å². The number of hydrogen-bond acceptors (Lipinski definition) is 4. The summed E-state index contributed by atoms with van der Waals surface area (Å²) >= 11 is 0. The standard InChI is InChI=1S/C14H29N5/c1-5-8-18(14(4,7-3)11-15)10-13-16-12-17-19(13)9-6-2/h12H,5-11,15H2,1-4H3. The molecule has 5 heteroatoms. The summed E-state index contributed by atoms with van der Waals surface area (Å²) in [6.45, 7) is 12.3. The molecule has 1 unspecified atom stereocenters. The lowest BCUT2D eigenvalue weighted by Crippen LogP contribution is -2.51. The van der Waals surface area contributed by atoms with Crippen LogP contribution in [-0.4, -0.2) is 38.3 Å². The highest BCUT2D eigenvalue weighted by Gasteiger charge is 2.29. The van der Waals surface area contributed by atoms with Crippen molar-refractivity contribution in [1.82, 2.24) is 19.7 Å². The van der Waals surface area contributed by atoms with Crippen molar-refractivity contribution in [2.75, 3.05) is 13.1 Å². The third kappa shape index (κ3) is 4.01. The first-order valence-corrected chi connectivity index (χ1v) is 7.43. The van der Waals surface area contributed by atoms with Gasteiger partial charge < -0.3 is 5.73 Å². The molecule has 0 aliphatic heterocycles. The van der Waals surface area contributed by atoms with E-state index in [9.17, 15) is 0 Å². The number of aromatic nitrogens is 3. The minimum atomic E-state index is 0.0407. The molecule has 19 heavy (non-hydrogen) atoms. The average Bonchev–Trinajstić information content (AvgIpc) is 2.85. The molecule has 1 rings (SSSR count). The van der Waals surface area contributed by atoms with Crippen LogP contribution in [0, 0.1) is 0 Å². The Morgan fingerprint density at radius 1 is 1.32 bits per heavy atom. The topological polar surface area (TPSA) is 60.0 Å². The second-order valence-electron chi connectivity index (χ2n) is 5.38. The van der Waals surface area contributed by atoms with E-state index < -0.39 is 0 Å². The van der Waals surface area contributed by atoms with Crippen molar-refractivity contribution in [2.45, 2.75) is 65.6 Å². The summed E-state index contributed by atoms with van der Waals surface area (Å²) in [6, 6.07) is 0. The number of aryl methyl sites for hydroxylation is 1. The summed E-state index contributed by atoms with van der Waals surface area (Å²) in [5, 5.41) is 4.30. The van der Waals surface area contributed by atoms with Gasteiger partial charge in [0.15, 0.2) is 0 Å². The number of rotatable bonds is 9. The molecule has 110 valence electrons. The van der Waals surface area contributed by atoms with Gasteiger partial charge in [0.2, 0.25) is 0 Å². The van der Waals surface area contributed by atoms with E-state index in [1.54, 1.807) is 6.33 Å². The molecular weight excluding hydrogens is 238 g/mol. The Labute approximate surface area is 117 Å². The SMILES string of the molecule is CCCN(Cc1ncnn1CCC)C(C)(CC)CN. The third-order valence-electron chi connectivity index (χ3n) is 3.92. The molecule has 0 aliphatic rings. The van der Waals surface area contributed by atoms with Gasteiger partial charge >= 0.3 is 0 Å². The molecule has 0 aliphatic carbocycles. The Morgan fingerprint density at radius 3 is 2.58 bits per heavy atom. The molecule has 0 spiro atoms. The van der Waals surface area contributed by atoms with Gasteiger partial charge in [0, 0.05) is 18.6 Å². The highest BCUT2D eigenvalue weighted by Crippen LogP contribution is 2.20. The van der Waals surface area contributed by atoms with Gasteiger partial charge in [-0.3, -0.25) is 4.90 Å². The molecule has 1 aromatic heterocycles. The van der Waals surface area contributed by atoms with Crippen LogP contribution in [0.1, 0.15) is 52.8 Å². The fourth-order valence-corrected chi connectivity index (χ4v) is 2.29. The van der Waals surface area contributed by atoms with Crippen LogP contribution in [0.4, 0.5) is 0 Å². The second kappa shape index (κ2) is 7.60. The Kier molecular flexibility index (Phi) is 6.45. The lowest BCUT2D eigenvalue weighted by molar-refractivity contribution is 0.0924. The van der Waals surface area contributed by atoms with E-state index in [2.05, 4.69) is 42.7 Å². The predicted molar refractivity (Wildman–Crippen MR) is 78.8 cm³/mol. The Bertz CT molecular complexity index is 356. The Balaban J connectivity index is 2.85. The van der Waals surface area contributed by atoms with Gasteiger partial charge in [-0.25, -0.2) is 9.67 Å². The van der Waals surface area contributed by atoms with Gasteiger partial charge in [-0.2, -0.15) is 5.10 Å². The van der Waals surface area contributed by atoms with Crippen molar-refractivity contribution in [3.63, 3.8) is 0 Å². The van der Waals surface area contributed by atoms with Crippen LogP contribution in [-0.2, 0) is 13.1 Å². The Morgan fingerprint density at radius 2 is 2.05 bits per heavy atom. The first-order valence-electron chi connectivity index (χ1n) is 7.43. The third-order valence-corrected chi connectivity index (χ3v) is 3.92. The first-order chi connectivity index (χ1) is 9.11. The van der Waals surface area contributed by atoms with Gasteiger partial charge in [0.05, 0.1) is 6.54 Å². The fraction of sp³-hybridized carbons (Fsp3) is 0.857. The summed E-state index contributed by atoms with van der Waals surface area (Å²) in [5.74, 6) is 1.04. The zero-order valence-electron chi connectivity index (χ0n) is 12.9. The molecule has 1 atom stereocenters. The zero-order chi connectivity index (χ0) is 14.3. The van der Waals surface area contributed by atoms with Crippen molar-refractivity contribution in [3.8, 4) is 0 Å². The van der Waals surface area contributed by atoms with Crippen molar-refractivity contribution >= 4 is 0 Å². The van der Waals surface area contributed by atoms with E-state index in [0.717, 1.165) is 44.7 Å². The smallest absolute Gasteiger partial charge is 0.141 e. The molecule has 5 nitrogen and oxygen atoms in total. The highest BCUT2D eigenvalue weighted by molar-refractivity contribution is 4.92. The van der Waals surface area contributed by atoms with Crippen LogP contribution in [0.15, 0.2) is 6.33 Å². The van der Waals surface area contributed by atoms with Crippen LogP contribution in [0.25, 0.3) is 0 Å². The summed E-state index contributed by atoms with van der Waals surface area (Å²) in [4.78, 5) is 6.86.